The first kappa shape index (κ1) is 16.4. The lowest BCUT2D eigenvalue weighted by Crippen LogP contribution is -2.49. The van der Waals surface area contributed by atoms with Crippen molar-refractivity contribution in [3.63, 3.8) is 0 Å². The van der Waals surface area contributed by atoms with Gasteiger partial charge in [0.15, 0.2) is 0 Å². The molecule has 0 aliphatic carbocycles. The minimum absolute atomic E-state index is 0.0223. The molecule has 0 aromatic carbocycles. The summed E-state index contributed by atoms with van der Waals surface area (Å²) < 4.78 is 7.07. The molecule has 3 heterocycles. The molecule has 2 aliphatic rings. The summed E-state index contributed by atoms with van der Waals surface area (Å²) in [5.41, 5.74) is 1.10. The van der Waals surface area contributed by atoms with E-state index in [1.54, 1.807) is 9.58 Å². The van der Waals surface area contributed by atoms with Gasteiger partial charge in [-0.2, -0.15) is 5.10 Å². The van der Waals surface area contributed by atoms with Gasteiger partial charge in [-0.1, -0.05) is 0 Å². The van der Waals surface area contributed by atoms with Crippen molar-refractivity contribution in [2.24, 2.45) is 0 Å². The van der Waals surface area contributed by atoms with Gasteiger partial charge < -0.3 is 14.7 Å². The maximum atomic E-state index is 12.5. The molecule has 1 atom stereocenters. The second-order valence-corrected chi connectivity index (χ2v) is 6.76. The third kappa shape index (κ3) is 3.91. The van der Waals surface area contributed by atoms with Crippen LogP contribution in [0, 0.1) is 13.8 Å². The molecule has 0 saturated carbocycles. The molecule has 1 N–H and O–H groups in total. The summed E-state index contributed by atoms with van der Waals surface area (Å²) in [6, 6.07) is 1.96. The fourth-order valence-electron chi connectivity index (χ4n) is 3.44. The number of rotatable bonds is 4. The van der Waals surface area contributed by atoms with Gasteiger partial charge in [-0.3, -0.25) is 14.4 Å². The van der Waals surface area contributed by atoms with Crippen molar-refractivity contribution >= 4 is 5.91 Å². The SMILES string of the molecule is Cc1cc(C)n(CC(=O)N2CCC(O)(CN3CCOCC3)C2)n1. The Labute approximate surface area is 136 Å². The Morgan fingerprint density at radius 3 is 2.74 bits per heavy atom. The van der Waals surface area contributed by atoms with E-state index in [2.05, 4.69) is 10.00 Å². The van der Waals surface area contributed by atoms with E-state index in [0.717, 1.165) is 37.7 Å². The number of hydrogen-bond acceptors (Lipinski definition) is 5. The van der Waals surface area contributed by atoms with Gasteiger partial charge in [0.05, 0.1) is 31.1 Å². The standard InChI is InChI=1S/C16H26N4O3/c1-13-9-14(2)20(17-13)10-15(21)19-4-3-16(22,12-19)11-18-5-7-23-8-6-18/h9,22H,3-8,10-12H2,1-2H3. The zero-order valence-corrected chi connectivity index (χ0v) is 14.0. The molecule has 0 spiro atoms. The van der Waals surface area contributed by atoms with Crippen molar-refractivity contribution in [2.75, 3.05) is 45.9 Å². The highest BCUT2D eigenvalue weighted by Gasteiger charge is 2.39. The molecule has 2 aliphatic heterocycles. The number of hydrogen-bond donors (Lipinski definition) is 1. The molecule has 0 bridgehead atoms. The molecular formula is C16H26N4O3. The largest absolute Gasteiger partial charge is 0.387 e. The van der Waals surface area contributed by atoms with E-state index >= 15 is 0 Å². The summed E-state index contributed by atoms with van der Waals surface area (Å²) in [6.45, 7) is 8.88. The number of ether oxygens (including phenoxy) is 1. The summed E-state index contributed by atoms with van der Waals surface area (Å²) >= 11 is 0. The third-order valence-corrected chi connectivity index (χ3v) is 4.69. The summed E-state index contributed by atoms with van der Waals surface area (Å²) in [7, 11) is 0. The van der Waals surface area contributed by atoms with Gasteiger partial charge in [-0.15, -0.1) is 0 Å². The van der Waals surface area contributed by atoms with Crippen LogP contribution in [-0.2, 0) is 16.1 Å². The summed E-state index contributed by atoms with van der Waals surface area (Å²) in [5.74, 6) is 0.0223. The number of carbonyl (C=O) groups excluding carboxylic acids is 1. The van der Waals surface area contributed by atoms with Crippen molar-refractivity contribution in [2.45, 2.75) is 32.4 Å². The van der Waals surface area contributed by atoms with Gasteiger partial charge in [-0.25, -0.2) is 0 Å². The van der Waals surface area contributed by atoms with E-state index in [4.69, 9.17) is 4.74 Å². The fraction of sp³-hybridized carbons (Fsp3) is 0.750. The van der Waals surface area contributed by atoms with Crippen molar-refractivity contribution < 1.29 is 14.6 Å². The monoisotopic (exact) mass is 322 g/mol. The van der Waals surface area contributed by atoms with Crippen LogP contribution < -0.4 is 0 Å². The van der Waals surface area contributed by atoms with Crippen LogP contribution in [0.3, 0.4) is 0 Å². The maximum absolute atomic E-state index is 12.5. The van der Waals surface area contributed by atoms with E-state index in [0.29, 0.717) is 26.1 Å². The van der Waals surface area contributed by atoms with E-state index in [9.17, 15) is 9.90 Å². The third-order valence-electron chi connectivity index (χ3n) is 4.69. The zero-order valence-electron chi connectivity index (χ0n) is 14.0. The van der Waals surface area contributed by atoms with Crippen molar-refractivity contribution in [1.82, 2.24) is 19.6 Å². The number of aliphatic hydroxyl groups is 1. The normalized spacial score (nSPS) is 26.0. The van der Waals surface area contributed by atoms with Crippen LogP contribution in [0.5, 0.6) is 0 Å². The Bertz CT molecular complexity index is 568. The number of aromatic nitrogens is 2. The lowest BCUT2D eigenvalue weighted by molar-refractivity contribution is -0.132. The van der Waals surface area contributed by atoms with Gasteiger partial charge in [0.2, 0.25) is 5.91 Å². The second-order valence-electron chi connectivity index (χ2n) is 6.76. The Morgan fingerprint density at radius 2 is 2.09 bits per heavy atom. The highest BCUT2D eigenvalue weighted by Crippen LogP contribution is 2.23. The van der Waals surface area contributed by atoms with Gasteiger partial charge in [0.25, 0.3) is 0 Å². The summed E-state index contributed by atoms with van der Waals surface area (Å²) in [4.78, 5) is 16.5. The van der Waals surface area contributed by atoms with Gasteiger partial charge in [-0.05, 0) is 26.3 Å². The van der Waals surface area contributed by atoms with Crippen molar-refractivity contribution in [1.29, 1.82) is 0 Å². The summed E-state index contributed by atoms with van der Waals surface area (Å²) in [6.07, 6.45) is 0.632. The van der Waals surface area contributed by atoms with Gasteiger partial charge in [0.1, 0.15) is 6.54 Å². The van der Waals surface area contributed by atoms with Crippen LogP contribution in [0.2, 0.25) is 0 Å². The zero-order chi connectivity index (χ0) is 16.4. The van der Waals surface area contributed by atoms with Crippen molar-refractivity contribution in [3.05, 3.63) is 17.5 Å². The van der Waals surface area contributed by atoms with Crippen LogP contribution in [0.1, 0.15) is 17.8 Å². The first-order valence-corrected chi connectivity index (χ1v) is 8.26. The maximum Gasteiger partial charge on any atom is 0.244 e. The number of aryl methyl sites for hydroxylation is 2. The average Bonchev–Trinajstić information content (AvgIpc) is 3.03. The molecule has 1 aromatic heterocycles. The van der Waals surface area contributed by atoms with Crippen LogP contribution >= 0.6 is 0 Å². The Morgan fingerprint density at radius 1 is 1.35 bits per heavy atom. The molecule has 2 fully saturated rings. The number of likely N-dealkylation sites (tertiary alicyclic amines) is 1. The molecule has 2 saturated heterocycles. The minimum Gasteiger partial charge on any atom is -0.387 e. The van der Waals surface area contributed by atoms with Crippen LogP contribution in [-0.4, -0.2) is 82.1 Å². The highest BCUT2D eigenvalue weighted by molar-refractivity contribution is 5.76. The van der Waals surface area contributed by atoms with Gasteiger partial charge >= 0.3 is 0 Å². The second kappa shape index (κ2) is 6.59. The smallest absolute Gasteiger partial charge is 0.244 e. The number of β-amino-alcohol motifs (C(OH)–C–C–N with tert-alkyl or cyclic N) is 1. The molecule has 128 valence electrons. The molecule has 1 unspecified atom stereocenters. The molecule has 1 amide bonds. The fourth-order valence-corrected chi connectivity index (χ4v) is 3.44. The van der Waals surface area contributed by atoms with E-state index < -0.39 is 5.60 Å². The Kier molecular flexibility index (Phi) is 4.70. The number of carbonyl (C=O) groups is 1. The lowest BCUT2D eigenvalue weighted by Gasteiger charge is -2.33. The Balaban J connectivity index is 1.55. The quantitative estimate of drug-likeness (QED) is 0.831. The van der Waals surface area contributed by atoms with Crippen LogP contribution in [0.4, 0.5) is 0 Å². The average molecular weight is 322 g/mol. The first-order valence-electron chi connectivity index (χ1n) is 8.26. The van der Waals surface area contributed by atoms with Gasteiger partial charge in [0, 0.05) is 31.9 Å². The topological polar surface area (TPSA) is 70.8 Å². The van der Waals surface area contributed by atoms with E-state index in [-0.39, 0.29) is 12.5 Å². The van der Waals surface area contributed by atoms with Crippen LogP contribution in [0.15, 0.2) is 6.07 Å². The highest BCUT2D eigenvalue weighted by atomic mass is 16.5. The molecule has 0 radical (unpaired) electrons. The van der Waals surface area contributed by atoms with E-state index in [1.807, 2.05) is 19.9 Å². The molecule has 23 heavy (non-hydrogen) atoms. The minimum atomic E-state index is -0.803. The lowest BCUT2D eigenvalue weighted by atomic mass is 10.0. The molecular weight excluding hydrogens is 296 g/mol. The van der Waals surface area contributed by atoms with Crippen molar-refractivity contribution in [3.8, 4) is 0 Å². The summed E-state index contributed by atoms with van der Waals surface area (Å²) in [5, 5.41) is 15.1. The molecule has 1 aromatic rings. The number of nitrogens with zero attached hydrogens (tertiary/aromatic N) is 4. The van der Waals surface area contributed by atoms with Crippen LogP contribution in [0.25, 0.3) is 0 Å². The Hall–Kier alpha value is -1.44. The first-order chi connectivity index (χ1) is 11.0. The number of amides is 1. The number of morpholine rings is 1. The molecule has 7 nitrogen and oxygen atoms in total. The molecule has 7 heteroatoms. The van der Waals surface area contributed by atoms with E-state index in [1.165, 1.54) is 0 Å². The predicted octanol–water partition coefficient (Wildman–Crippen LogP) is -0.204. The predicted molar refractivity (Wildman–Crippen MR) is 85.1 cm³/mol. The molecule has 3 rings (SSSR count).